The van der Waals surface area contributed by atoms with Gasteiger partial charge in [0.25, 0.3) is 0 Å². The van der Waals surface area contributed by atoms with Gasteiger partial charge in [-0.15, -0.1) is 0 Å². The smallest absolute Gasteiger partial charge is 0.228 e. The second kappa shape index (κ2) is 5.85. The molecule has 0 aliphatic rings. The van der Waals surface area contributed by atoms with Crippen LogP contribution in [0.5, 0.6) is 0 Å². The second-order valence-electron chi connectivity index (χ2n) is 4.30. The predicted octanol–water partition coefficient (Wildman–Crippen LogP) is 1.33. The SMILES string of the molecule is CC(C)N(Cc1cccc(N)c1)S(=O)(=O)CC#N. The monoisotopic (exact) mass is 267 g/mol. The van der Waals surface area contributed by atoms with Gasteiger partial charge in [-0.25, -0.2) is 8.42 Å². The highest BCUT2D eigenvalue weighted by molar-refractivity contribution is 7.89. The van der Waals surface area contributed by atoms with Gasteiger partial charge in [0, 0.05) is 18.3 Å². The normalized spacial score (nSPS) is 11.7. The molecule has 1 aromatic carbocycles. The van der Waals surface area contributed by atoms with Crippen LogP contribution in [-0.4, -0.2) is 24.5 Å². The van der Waals surface area contributed by atoms with Crippen LogP contribution in [0.2, 0.25) is 0 Å². The average molecular weight is 267 g/mol. The van der Waals surface area contributed by atoms with Gasteiger partial charge in [-0.1, -0.05) is 12.1 Å². The first-order valence-corrected chi connectivity index (χ1v) is 7.18. The topological polar surface area (TPSA) is 87.2 Å². The number of hydrogen-bond donors (Lipinski definition) is 1. The van der Waals surface area contributed by atoms with Gasteiger partial charge in [0.15, 0.2) is 5.75 Å². The summed E-state index contributed by atoms with van der Waals surface area (Å²) in [4.78, 5) is 0. The predicted molar refractivity (Wildman–Crippen MR) is 70.9 cm³/mol. The van der Waals surface area contributed by atoms with Crippen LogP contribution in [0.1, 0.15) is 19.4 Å². The number of anilines is 1. The van der Waals surface area contributed by atoms with Gasteiger partial charge in [0.1, 0.15) is 0 Å². The lowest BCUT2D eigenvalue weighted by Crippen LogP contribution is -2.37. The van der Waals surface area contributed by atoms with Crippen LogP contribution in [0.25, 0.3) is 0 Å². The van der Waals surface area contributed by atoms with Gasteiger partial charge in [-0.05, 0) is 31.5 Å². The standard InChI is InChI=1S/C12H17N3O2S/c1-10(2)15(18(16,17)7-6-13)9-11-4-3-5-12(14)8-11/h3-5,8,10H,7,9,14H2,1-2H3. The number of rotatable bonds is 5. The van der Waals surface area contributed by atoms with Crippen molar-refractivity contribution in [2.24, 2.45) is 0 Å². The molecule has 0 unspecified atom stereocenters. The van der Waals surface area contributed by atoms with Crippen LogP contribution < -0.4 is 5.73 Å². The Morgan fingerprint density at radius 3 is 2.61 bits per heavy atom. The number of nitrogen functional groups attached to an aromatic ring is 1. The molecule has 0 saturated carbocycles. The Kier molecular flexibility index (Phi) is 4.70. The summed E-state index contributed by atoms with van der Waals surface area (Å²) in [5.74, 6) is -0.506. The van der Waals surface area contributed by atoms with Crippen molar-refractivity contribution in [1.82, 2.24) is 4.31 Å². The first-order chi connectivity index (χ1) is 8.36. The summed E-state index contributed by atoms with van der Waals surface area (Å²) in [5, 5.41) is 8.57. The van der Waals surface area contributed by atoms with E-state index in [1.807, 2.05) is 6.07 Å². The van der Waals surface area contributed by atoms with Crippen LogP contribution >= 0.6 is 0 Å². The zero-order valence-corrected chi connectivity index (χ0v) is 11.3. The summed E-state index contributed by atoms with van der Waals surface area (Å²) >= 11 is 0. The quantitative estimate of drug-likeness (QED) is 0.815. The highest BCUT2D eigenvalue weighted by Crippen LogP contribution is 2.15. The summed E-state index contributed by atoms with van der Waals surface area (Å²) in [7, 11) is -3.55. The third-order valence-corrected chi connectivity index (χ3v) is 4.23. The second-order valence-corrected chi connectivity index (χ2v) is 6.22. The fourth-order valence-corrected chi connectivity index (χ4v) is 2.96. The van der Waals surface area contributed by atoms with Crippen molar-refractivity contribution < 1.29 is 8.42 Å². The first-order valence-electron chi connectivity index (χ1n) is 5.57. The van der Waals surface area contributed by atoms with Crippen molar-refractivity contribution in [3.8, 4) is 6.07 Å². The zero-order chi connectivity index (χ0) is 13.8. The molecule has 18 heavy (non-hydrogen) atoms. The van der Waals surface area contributed by atoms with E-state index in [0.717, 1.165) is 5.56 Å². The maximum atomic E-state index is 11.9. The molecule has 2 N–H and O–H groups in total. The van der Waals surface area contributed by atoms with Crippen molar-refractivity contribution >= 4 is 15.7 Å². The summed E-state index contributed by atoms with van der Waals surface area (Å²) in [5.41, 5.74) is 7.06. The lowest BCUT2D eigenvalue weighted by Gasteiger charge is -2.24. The molecule has 0 saturated heterocycles. The van der Waals surface area contributed by atoms with E-state index in [9.17, 15) is 8.42 Å². The molecule has 0 fully saturated rings. The molecule has 6 heteroatoms. The fourth-order valence-electron chi connectivity index (χ4n) is 1.64. The number of benzene rings is 1. The molecule has 0 aliphatic heterocycles. The van der Waals surface area contributed by atoms with E-state index in [-0.39, 0.29) is 12.6 Å². The zero-order valence-electron chi connectivity index (χ0n) is 10.5. The van der Waals surface area contributed by atoms with Gasteiger partial charge >= 0.3 is 0 Å². The average Bonchev–Trinajstić information content (AvgIpc) is 2.25. The minimum atomic E-state index is -3.55. The largest absolute Gasteiger partial charge is 0.399 e. The molecular weight excluding hydrogens is 250 g/mol. The molecule has 1 rings (SSSR count). The summed E-state index contributed by atoms with van der Waals surface area (Å²) < 4.78 is 25.2. The van der Waals surface area contributed by atoms with Crippen LogP contribution in [0.15, 0.2) is 24.3 Å². The Hall–Kier alpha value is -1.58. The number of sulfonamides is 1. The summed E-state index contributed by atoms with van der Waals surface area (Å²) in [6.07, 6.45) is 0. The molecule has 0 spiro atoms. The highest BCUT2D eigenvalue weighted by atomic mass is 32.2. The Morgan fingerprint density at radius 1 is 1.44 bits per heavy atom. The van der Waals surface area contributed by atoms with Crippen LogP contribution in [0.3, 0.4) is 0 Å². The number of nitriles is 1. The fraction of sp³-hybridized carbons (Fsp3) is 0.417. The Balaban J connectivity index is 2.99. The van der Waals surface area contributed by atoms with Gasteiger partial charge < -0.3 is 5.73 Å². The molecule has 0 heterocycles. The van der Waals surface area contributed by atoms with Crippen LogP contribution in [-0.2, 0) is 16.6 Å². The van der Waals surface area contributed by atoms with Gasteiger partial charge in [-0.3, -0.25) is 0 Å². The van der Waals surface area contributed by atoms with Gasteiger partial charge in [0.05, 0.1) is 6.07 Å². The molecule has 0 amide bonds. The highest BCUT2D eigenvalue weighted by Gasteiger charge is 2.24. The lowest BCUT2D eigenvalue weighted by molar-refractivity contribution is 0.349. The summed E-state index contributed by atoms with van der Waals surface area (Å²) in [6, 6.07) is 8.55. The van der Waals surface area contributed by atoms with E-state index >= 15 is 0 Å². The van der Waals surface area contributed by atoms with E-state index in [1.165, 1.54) is 4.31 Å². The van der Waals surface area contributed by atoms with Crippen molar-refractivity contribution in [1.29, 1.82) is 5.26 Å². The van der Waals surface area contributed by atoms with E-state index in [0.29, 0.717) is 5.69 Å². The maximum absolute atomic E-state index is 11.9. The Bertz CT molecular complexity index is 547. The van der Waals surface area contributed by atoms with Crippen molar-refractivity contribution in [2.45, 2.75) is 26.4 Å². The molecule has 1 aromatic rings. The Labute approximate surface area is 108 Å². The first kappa shape index (κ1) is 14.5. The van der Waals surface area contributed by atoms with Crippen molar-refractivity contribution in [3.05, 3.63) is 29.8 Å². The van der Waals surface area contributed by atoms with Crippen molar-refractivity contribution in [2.75, 3.05) is 11.5 Å². The van der Waals surface area contributed by atoms with E-state index in [4.69, 9.17) is 11.0 Å². The molecule has 98 valence electrons. The van der Waals surface area contributed by atoms with Crippen LogP contribution in [0.4, 0.5) is 5.69 Å². The van der Waals surface area contributed by atoms with Crippen LogP contribution in [0, 0.1) is 11.3 Å². The summed E-state index contributed by atoms with van der Waals surface area (Å²) in [6.45, 7) is 3.79. The molecule has 0 bridgehead atoms. The van der Waals surface area contributed by atoms with E-state index < -0.39 is 15.8 Å². The van der Waals surface area contributed by atoms with E-state index in [2.05, 4.69) is 0 Å². The number of hydrogen-bond acceptors (Lipinski definition) is 4. The molecular formula is C12H17N3O2S. The minimum Gasteiger partial charge on any atom is -0.399 e. The van der Waals surface area contributed by atoms with Crippen molar-refractivity contribution in [3.63, 3.8) is 0 Å². The lowest BCUT2D eigenvalue weighted by atomic mass is 10.2. The molecule has 0 aliphatic carbocycles. The van der Waals surface area contributed by atoms with E-state index in [1.54, 1.807) is 38.1 Å². The molecule has 0 aromatic heterocycles. The minimum absolute atomic E-state index is 0.204. The maximum Gasteiger partial charge on any atom is 0.228 e. The third-order valence-electron chi connectivity index (χ3n) is 2.47. The molecule has 5 nitrogen and oxygen atoms in total. The number of nitrogens with zero attached hydrogens (tertiary/aromatic N) is 2. The molecule has 0 radical (unpaired) electrons. The van der Waals surface area contributed by atoms with Gasteiger partial charge in [-0.2, -0.15) is 9.57 Å². The van der Waals surface area contributed by atoms with Gasteiger partial charge in [0.2, 0.25) is 10.0 Å². The third kappa shape index (κ3) is 3.72. The number of nitrogens with two attached hydrogens (primary N) is 1. The Morgan fingerprint density at radius 2 is 2.11 bits per heavy atom. The molecule has 0 atom stereocenters.